The highest BCUT2D eigenvalue weighted by Crippen LogP contribution is 2.25. The molecule has 0 amide bonds. The predicted octanol–water partition coefficient (Wildman–Crippen LogP) is 2.15. The van der Waals surface area contributed by atoms with E-state index >= 15 is 0 Å². The molecule has 6 heteroatoms. The van der Waals surface area contributed by atoms with Gasteiger partial charge in [-0.1, -0.05) is 0 Å². The van der Waals surface area contributed by atoms with Crippen LogP contribution in [-0.2, 0) is 13.0 Å². The molecule has 0 saturated carbocycles. The van der Waals surface area contributed by atoms with Crippen LogP contribution < -0.4 is 5.73 Å². The second-order valence-electron chi connectivity index (χ2n) is 2.81. The van der Waals surface area contributed by atoms with Gasteiger partial charge in [0.2, 0.25) is 0 Å². The number of alkyl halides is 2. The Kier molecular flexibility index (Phi) is 4.35. The highest BCUT2D eigenvalue weighted by Gasteiger charge is 2.16. The number of nitriles is 1. The van der Waals surface area contributed by atoms with Crippen molar-refractivity contribution in [1.82, 2.24) is 4.98 Å². The second kappa shape index (κ2) is 5.32. The molecule has 0 radical (unpaired) electrons. The maximum atomic E-state index is 12.5. The van der Waals surface area contributed by atoms with Gasteiger partial charge in [0.15, 0.2) is 0 Å². The van der Waals surface area contributed by atoms with Gasteiger partial charge in [-0.2, -0.15) is 5.26 Å². The van der Waals surface area contributed by atoms with Gasteiger partial charge < -0.3 is 5.73 Å². The Morgan fingerprint density at radius 2 is 2.27 bits per heavy atom. The molecule has 0 bridgehead atoms. The van der Waals surface area contributed by atoms with E-state index in [-0.39, 0.29) is 22.2 Å². The molecule has 1 heterocycles. The van der Waals surface area contributed by atoms with Gasteiger partial charge >= 0.3 is 0 Å². The van der Waals surface area contributed by atoms with Crippen LogP contribution in [0.25, 0.3) is 0 Å². The number of hydrogen-bond donors (Lipinski definition) is 1. The van der Waals surface area contributed by atoms with Crippen molar-refractivity contribution in [2.75, 3.05) is 0 Å². The first-order valence-electron chi connectivity index (χ1n) is 4.13. The fourth-order valence-electron chi connectivity index (χ4n) is 1.15. The first-order chi connectivity index (χ1) is 7.10. The van der Waals surface area contributed by atoms with Crippen molar-refractivity contribution in [3.63, 3.8) is 0 Å². The molecule has 0 aliphatic rings. The summed E-state index contributed by atoms with van der Waals surface area (Å²) in [5.74, 6) is 0. The summed E-state index contributed by atoms with van der Waals surface area (Å²) >= 11 is 1.74. The lowest BCUT2D eigenvalue weighted by atomic mass is 10.1. The van der Waals surface area contributed by atoms with Crippen molar-refractivity contribution >= 4 is 22.6 Å². The normalized spacial score (nSPS) is 10.4. The van der Waals surface area contributed by atoms with Crippen molar-refractivity contribution < 1.29 is 8.78 Å². The van der Waals surface area contributed by atoms with Crippen LogP contribution in [0.15, 0.2) is 6.07 Å². The standard InChI is InChI=1S/C9H8F2IN3/c10-8(11)6-3-5(1-2-13)7(4-14)15-9(6)12/h3,8H,1,4,14H2. The van der Waals surface area contributed by atoms with Gasteiger partial charge in [0.25, 0.3) is 6.43 Å². The fraction of sp³-hybridized carbons (Fsp3) is 0.333. The van der Waals surface area contributed by atoms with Crippen LogP contribution in [-0.4, -0.2) is 4.98 Å². The Labute approximate surface area is 99.4 Å². The molecule has 0 atom stereocenters. The minimum absolute atomic E-state index is 0.0518. The predicted molar refractivity (Wildman–Crippen MR) is 59.1 cm³/mol. The minimum atomic E-state index is -2.58. The summed E-state index contributed by atoms with van der Waals surface area (Å²) in [4.78, 5) is 3.96. The first kappa shape index (κ1) is 12.3. The van der Waals surface area contributed by atoms with E-state index in [1.807, 2.05) is 6.07 Å². The molecule has 0 aliphatic carbocycles. The van der Waals surface area contributed by atoms with Crippen LogP contribution in [0.1, 0.15) is 23.2 Å². The van der Waals surface area contributed by atoms with Crippen LogP contribution in [0, 0.1) is 15.0 Å². The van der Waals surface area contributed by atoms with Crippen LogP contribution >= 0.6 is 22.6 Å². The quantitative estimate of drug-likeness (QED) is 0.685. The van der Waals surface area contributed by atoms with E-state index < -0.39 is 6.43 Å². The van der Waals surface area contributed by atoms with E-state index in [0.717, 1.165) is 0 Å². The molecule has 0 aliphatic heterocycles. The van der Waals surface area contributed by atoms with Gasteiger partial charge in [-0.05, 0) is 34.2 Å². The lowest BCUT2D eigenvalue weighted by Crippen LogP contribution is -2.08. The Bertz CT molecular complexity index is 401. The summed E-state index contributed by atoms with van der Waals surface area (Å²) in [6.07, 6.45) is -2.52. The molecule has 1 aromatic rings. The number of nitrogens with zero attached hydrogens (tertiary/aromatic N) is 2. The molecule has 0 unspecified atom stereocenters. The maximum Gasteiger partial charge on any atom is 0.266 e. The lowest BCUT2D eigenvalue weighted by molar-refractivity contribution is 0.149. The third-order valence-electron chi connectivity index (χ3n) is 1.87. The summed E-state index contributed by atoms with van der Waals surface area (Å²) in [5, 5.41) is 8.53. The fourth-order valence-corrected chi connectivity index (χ4v) is 1.84. The third kappa shape index (κ3) is 2.82. The summed E-state index contributed by atoms with van der Waals surface area (Å²) in [7, 11) is 0. The Morgan fingerprint density at radius 3 is 2.73 bits per heavy atom. The summed E-state index contributed by atoms with van der Waals surface area (Å²) in [5.41, 5.74) is 6.26. The average Bonchev–Trinajstić information content (AvgIpc) is 2.20. The number of rotatable bonds is 3. The van der Waals surface area contributed by atoms with Gasteiger partial charge in [-0.15, -0.1) is 0 Å². The number of pyridine rings is 1. The third-order valence-corrected chi connectivity index (χ3v) is 2.73. The van der Waals surface area contributed by atoms with Crippen molar-refractivity contribution in [3.05, 3.63) is 26.6 Å². The number of hydrogen-bond acceptors (Lipinski definition) is 3. The van der Waals surface area contributed by atoms with Gasteiger partial charge in [0, 0.05) is 12.1 Å². The average molecular weight is 323 g/mol. The zero-order chi connectivity index (χ0) is 11.4. The first-order valence-corrected chi connectivity index (χ1v) is 5.21. The summed E-state index contributed by atoms with van der Waals surface area (Å²) in [6, 6.07) is 3.21. The molecule has 15 heavy (non-hydrogen) atoms. The Morgan fingerprint density at radius 1 is 1.60 bits per heavy atom. The largest absolute Gasteiger partial charge is 0.325 e. The molecule has 80 valence electrons. The second-order valence-corrected chi connectivity index (χ2v) is 3.84. The minimum Gasteiger partial charge on any atom is -0.325 e. The number of aromatic nitrogens is 1. The van der Waals surface area contributed by atoms with E-state index in [2.05, 4.69) is 4.98 Å². The number of nitrogens with two attached hydrogens (primary N) is 1. The molecular formula is C9H8F2IN3. The van der Waals surface area contributed by atoms with Crippen LogP contribution in [0.4, 0.5) is 8.78 Å². The molecule has 0 saturated heterocycles. The van der Waals surface area contributed by atoms with Crippen LogP contribution in [0.5, 0.6) is 0 Å². The van der Waals surface area contributed by atoms with Crippen molar-refractivity contribution in [1.29, 1.82) is 5.26 Å². The van der Waals surface area contributed by atoms with Gasteiger partial charge in [0.05, 0.1) is 18.2 Å². The topological polar surface area (TPSA) is 62.7 Å². The monoisotopic (exact) mass is 323 g/mol. The summed E-state index contributed by atoms with van der Waals surface area (Å²) < 4.78 is 25.3. The molecule has 1 aromatic heterocycles. The van der Waals surface area contributed by atoms with E-state index in [9.17, 15) is 8.78 Å². The van der Waals surface area contributed by atoms with E-state index in [1.54, 1.807) is 22.6 Å². The molecule has 2 N–H and O–H groups in total. The maximum absolute atomic E-state index is 12.5. The van der Waals surface area contributed by atoms with Gasteiger partial charge in [-0.25, -0.2) is 13.8 Å². The molecule has 0 spiro atoms. The zero-order valence-corrected chi connectivity index (χ0v) is 9.83. The van der Waals surface area contributed by atoms with Crippen LogP contribution in [0.2, 0.25) is 0 Å². The highest BCUT2D eigenvalue weighted by molar-refractivity contribution is 14.1. The van der Waals surface area contributed by atoms with Gasteiger partial charge in [-0.3, -0.25) is 0 Å². The molecule has 1 rings (SSSR count). The van der Waals surface area contributed by atoms with E-state index in [4.69, 9.17) is 11.0 Å². The SMILES string of the molecule is N#CCc1cc(C(F)F)c(I)nc1CN. The smallest absolute Gasteiger partial charge is 0.266 e. The molecule has 0 aromatic carbocycles. The zero-order valence-electron chi connectivity index (χ0n) is 7.67. The van der Waals surface area contributed by atoms with E-state index in [1.165, 1.54) is 6.07 Å². The van der Waals surface area contributed by atoms with Crippen molar-refractivity contribution in [2.45, 2.75) is 19.4 Å². The van der Waals surface area contributed by atoms with Crippen LogP contribution in [0.3, 0.4) is 0 Å². The lowest BCUT2D eigenvalue weighted by Gasteiger charge is -2.08. The van der Waals surface area contributed by atoms with Crippen molar-refractivity contribution in [3.8, 4) is 6.07 Å². The highest BCUT2D eigenvalue weighted by atomic mass is 127. The van der Waals surface area contributed by atoms with Crippen molar-refractivity contribution in [2.24, 2.45) is 5.73 Å². The summed E-state index contributed by atoms with van der Waals surface area (Å²) in [6.45, 7) is 0.149. The van der Waals surface area contributed by atoms with Gasteiger partial charge in [0.1, 0.15) is 3.70 Å². The molecular weight excluding hydrogens is 315 g/mol. The Hall–Kier alpha value is -0.810. The number of halogens is 3. The Balaban J connectivity index is 3.25. The molecule has 0 fully saturated rings. The molecule has 3 nitrogen and oxygen atoms in total. The van der Waals surface area contributed by atoms with E-state index in [0.29, 0.717) is 11.3 Å².